The van der Waals surface area contributed by atoms with Gasteiger partial charge in [0.1, 0.15) is 17.4 Å². The fraction of sp³-hybridized carbons (Fsp3) is 0.241. The van der Waals surface area contributed by atoms with Crippen molar-refractivity contribution in [3.05, 3.63) is 105 Å². The number of nitrogens with one attached hydrogen (secondary N) is 1. The molecule has 1 aromatic heterocycles. The van der Waals surface area contributed by atoms with Gasteiger partial charge >= 0.3 is 11.6 Å². The number of rotatable bonds is 8. The van der Waals surface area contributed by atoms with Crippen LogP contribution < -0.4 is 15.1 Å². The van der Waals surface area contributed by atoms with Gasteiger partial charge < -0.3 is 9.15 Å². The topological polar surface area (TPSA) is 103 Å². The molecule has 0 aliphatic rings. The number of esters is 1. The van der Waals surface area contributed by atoms with Gasteiger partial charge in [0.15, 0.2) is 0 Å². The Morgan fingerprint density at radius 1 is 0.973 bits per heavy atom. The van der Waals surface area contributed by atoms with Gasteiger partial charge in [0, 0.05) is 23.4 Å². The molecule has 0 aliphatic carbocycles. The second-order valence-corrected chi connectivity index (χ2v) is 11.1. The highest BCUT2D eigenvalue weighted by Crippen LogP contribution is 2.26. The maximum Gasteiger partial charge on any atom is 0.340 e. The van der Waals surface area contributed by atoms with E-state index in [1.165, 1.54) is 18.2 Å². The van der Waals surface area contributed by atoms with Gasteiger partial charge in [-0.1, -0.05) is 61.9 Å². The van der Waals surface area contributed by atoms with Crippen molar-refractivity contribution in [2.75, 3.05) is 0 Å². The lowest BCUT2D eigenvalue weighted by Gasteiger charge is -2.21. The van der Waals surface area contributed by atoms with Crippen LogP contribution in [-0.4, -0.2) is 20.4 Å². The van der Waals surface area contributed by atoms with Crippen LogP contribution in [0.25, 0.3) is 11.0 Å². The van der Waals surface area contributed by atoms with E-state index in [9.17, 15) is 18.0 Å². The summed E-state index contributed by atoms with van der Waals surface area (Å²) in [6, 6.07) is 19.7. The first-order valence-electron chi connectivity index (χ1n) is 12.0. The summed E-state index contributed by atoms with van der Waals surface area (Å²) < 4.78 is 39.3. The number of carbonyl (C=O) groups excluding carboxylic acids is 1. The van der Waals surface area contributed by atoms with Crippen LogP contribution in [-0.2, 0) is 21.2 Å². The van der Waals surface area contributed by atoms with Crippen molar-refractivity contribution in [2.24, 2.45) is 5.92 Å². The molecule has 0 aliphatic heterocycles. The van der Waals surface area contributed by atoms with Gasteiger partial charge in [0.05, 0.1) is 4.90 Å². The molecule has 1 heterocycles. The minimum atomic E-state index is -3.95. The predicted octanol–water partition coefficient (Wildman–Crippen LogP) is 4.91. The van der Waals surface area contributed by atoms with Crippen LogP contribution in [0.3, 0.4) is 0 Å². The molecule has 0 radical (unpaired) electrons. The molecular formula is C29H29NO6S. The Morgan fingerprint density at radius 2 is 1.65 bits per heavy atom. The standard InChI is InChI=1S/C29H29NO6S/c1-18(2)27(30-37(33,34)23-13-10-19(3)11-14-23)29(32)35-22-12-15-24-20(4)25(28(31)36-26(24)17-22)16-21-8-6-5-7-9-21/h5-15,17-18,27,30H,16H2,1-4H3. The SMILES string of the molecule is Cc1ccc(S(=O)(=O)NC(C(=O)Oc2ccc3c(C)c(Cc4ccccc4)c(=O)oc3c2)C(C)C)cc1. The smallest absolute Gasteiger partial charge is 0.340 e. The maximum absolute atomic E-state index is 13.0. The van der Waals surface area contributed by atoms with E-state index in [0.717, 1.165) is 22.1 Å². The highest BCUT2D eigenvalue weighted by Gasteiger charge is 2.30. The molecule has 0 amide bonds. The molecule has 1 atom stereocenters. The summed E-state index contributed by atoms with van der Waals surface area (Å²) in [6.45, 7) is 7.16. The molecule has 4 aromatic rings. The Morgan fingerprint density at radius 3 is 2.30 bits per heavy atom. The molecule has 1 unspecified atom stereocenters. The average Bonchev–Trinajstić information content (AvgIpc) is 2.85. The predicted molar refractivity (Wildman–Crippen MR) is 142 cm³/mol. The second-order valence-electron chi connectivity index (χ2n) is 9.39. The number of benzene rings is 3. The molecule has 192 valence electrons. The summed E-state index contributed by atoms with van der Waals surface area (Å²) in [6.07, 6.45) is 0.443. The Kier molecular flexibility index (Phi) is 7.61. The molecule has 0 saturated heterocycles. The van der Waals surface area contributed by atoms with Crippen molar-refractivity contribution < 1.29 is 22.4 Å². The third-order valence-electron chi connectivity index (χ3n) is 6.23. The summed E-state index contributed by atoms with van der Waals surface area (Å²) in [5.74, 6) is -0.991. The largest absolute Gasteiger partial charge is 0.425 e. The molecule has 37 heavy (non-hydrogen) atoms. The van der Waals surface area contributed by atoms with Gasteiger partial charge in [0.2, 0.25) is 10.0 Å². The van der Waals surface area contributed by atoms with Crippen LogP contribution >= 0.6 is 0 Å². The lowest BCUT2D eigenvalue weighted by atomic mass is 10.00. The van der Waals surface area contributed by atoms with E-state index < -0.39 is 27.7 Å². The van der Waals surface area contributed by atoms with Gasteiger partial charge in [0.25, 0.3) is 0 Å². The summed E-state index contributed by atoms with van der Waals surface area (Å²) in [7, 11) is -3.95. The van der Waals surface area contributed by atoms with E-state index in [-0.39, 0.29) is 22.1 Å². The molecule has 8 heteroatoms. The van der Waals surface area contributed by atoms with E-state index >= 15 is 0 Å². The van der Waals surface area contributed by atoms with E-state index in [2.05, 4.69) is 4.72 Å². The summed E-state index contributed by atoms with van der Waals surface area (Å²) in [4.78, 5) is 25.8. The number of sulfonamides is 1. The van der Waals surface area contributed by atoms with Crippen LogP contribution in [0.4, 0.5) is 0 Å². The third kappa shape index (κ3) is 5.98. The van der Waals surface area contributed by atoms with E-state index in [0.29, 0.717) is 12.0 Å². The number of hydrogen-bond donors (Lipinski definition) is 1. The Balaban J connectivity index is 1.57. The van der Waals surface area contributed by atoms with Gasteiger partial charge in [-0.05, 0) is 55.2 Å². The molecule has 0 fully saturated rings. The molecule has 7 nitrogen and oxygen atoms in total. The number of ether oxygens (including phenoxy) is 1. The lowest BCUT2D eigenvalue weighted by Crippen LogP contribution is -2.46. The molecular weight excluding hydrogens is 490 g/mol. The van der Waals surface area contributed by atoms with Crippen molar-refractivity contribution in [1.29, 1.82) is 0 Å². The summed E-state index contributed by atoms with van der Waals surface area (Å²) in [5.41, 5.74) is 3.10. The first-order valence-corrected chi connectivity index (χ1v) is 13.4. The molecule has 4 rings (SSSR count). The minimum Gasteiger partial charge on any atom is -0.425 e. The van der Waals surface area contributed by atoms with E-state index in [4.69, 9.17) is 9.15 Å². The third-order valence-corrected chi connectivity index (χ3v) is 7.69. The zero-order chi connectivity index (χ0) is 26.7. The van der Waals surface area contributed by atoms with Crippen molar-refractivity contribution in [3.63, 3.8) is 0 Å². The number of fused-ring (bicyclic) bond motifs is 1. The zero-order valence-electron chi connectivity index (χ0n) is 21.1. The lowest BCUT2D eigenvalue weighted by molar-refractivity contribution is -0.137. The quantitative estimate of drug-likeness (QED) is 0.202. The van der Waals surface area contributed by atoms with Gasteiger partial charge in [-0.25, -0.2) is 18.0 Å². The van der Waals surface area contributed by atoms with Crippen LogP contribution in [0.2, 0.25) is 0 Å². The average molecular weight is 520 g/mol. The van der Waals surface area contributed by atoms with Crippen LogP contribution in [0.5, 0.6) is 5.75 Å². The molecule has 3 aromatic carbocycles. The Bertz CT molecular complexity index is 1590. The van der Waals surface area contributed by atoms with Crippen LogP contribution in [0, 0.1) is 19.8 Å². The number of hydrogen-bond acceptors (Lipinski definition) is 6. The van der Waals surface area contributed by atoms with Crippen LogP contribution in [0.1, 0.15) is 36.1 Å². The van der Waals surface area contributed by atoms with E-state index in [1.54, 1.807) is 38.1 Å². The number of aryl methyl sites for hydroxylation is 2. The number of carbonyl (C=O) groups is 1. The van der Waals surface area contributed by atoms with Crippen LogP contribution in [0.15, 0.2) is 86.9 Å². The van der Waals surface area contributed by atoms with E-state index in [1.807, 2.05) is 44.2 Å². The Labute approximate surface area is 216 Å². The molecule has 0 spiro atoms. The molecule has 1 N–H and O–H groups in total. The zero-order valence-corrected chi connectivity index (χ0v) is 22.0. The minimum absolute atomic E-state index is 0.0609. The normalized spacial score (nSPS) is 12.6. The van der Waals surface area contributed by atoms with Crippen molar-refractivity contribution in [3.8, 4) is 5.75 Å². The highest BCUT2D eigenvalue weighted by atomic mass is 32.2. The van der Waals surface area contributed by atoms with Crippen molar-refractivity contribution in [2.45, 2.75) is 45.1 Å². The highest BCUT2D eigenvalue weighted by molar-refractivity contribution is 7.89. The van der Waals surface area contributed by atoms with Crippen molar-refractivity contribution in [1.82, 2.24) is 4.72 Å². The first kappa shape index (κ1) is 26.3. The first-order chi connectivity index (χ1) is 17.5. The summed E-state index contributed by atoms with van der Waals surface area (Å²) in [5, 5.41) is 0.728. The van der Waals surface area contributed by atoms with Gasteiger partial charge in [-0.3, -0.25) is 0 Å². The molecule has 0 saturated carbocycles. The monoisotopic (exact) mass is 519 g/mol. The molecule has 0 bridgehead atoms. The second kappa shape index (κ2) is 10.7. The van der Waals surface area contributed by atoms with Crippen molar-refractivity contribution >= 4 is 27.0 Å². The fourth-order valence-corrected chi connectivity index (χ4v) is 5.36. The van der Waals surface area contributed by atoms with Gasteiger partial charge in [-0.15, -0.1) is 0 Å². The van der Waals surface area contributed by atoms with Gasteiger partial charge in [-0.2, -0.15) is 4.72 Å². The summed E-state index contributed by atoms with van der Waals surface area (Å²) >= 11 is 0. The Hall–Kier alpha value is -3.75. The fourth-order valence-electron chi connectivity index (χ4n) is 4.03. The maximum atomic E-state index is 13.0.